The van der Waals surface area contributed by atoms with E-state index >= 15 is 0 Å². The third kappa shape index (κ3) is 18.1. The molecule has 0 aromatic rings. The Morgan fingerprint density at radius 3 is 1.45 bits per heavy atom. The van der Waals surface area contributed by atoms with Gasteiger partial charge < -0.3 is 39.8 Å². The zero-order valence-corrected chi connectivity index (χ0v) is 24.4. The summed E-state index contributed by atoms with van der Waals surface area (Å²) in [5, 5.41) is 7.58. The minimum atomic E-state index is -1.11. The van der Waals surface area contributed by atoms with Crippen molar-refractivity contribution < 1.29 is 42.9 Å². The molecule has 0 rings (SSSR count). The average Bonchev–Trinajstić information content (AvgIpc) is 2.70. The zero-order chi connectivity index (χ0) is 29.7. The first-order valence-corrected chi connectivity index (χ1v) is 12.5. The van der Waals surface area contributed by atoms with Crippen LogP contribution in [0.2, 0.25) is 0 Å². The van der Waals surface area contributed by atoms with Gasteiger partial charge in [0.05, 0.1) is 7.11 Å². The SMILES string of the molecule is COC(=O)C(CCC(=O)N(CCNC(=O)OC(C)(C)C)CCNC(=O)OC(C)(C)C)NC(=O)OC(C)(C)C. The Bertz CT molecular complexity index is 777. The van der Waals surface area contributed by atoms with E-state index in [0.29, 0.717) is 0 Å². The molecule has 0 heterocycles. The van der Waals surface area contributed by atoms with Crippen molar-refractivity contribution in [1.29, 1.82) is 0 Å². The highest BCUT2D eigenvalue weighted by molar-refractivity contribution is 5.83. The van der Waals surface area contributed by atoms with Gasteiger partial charge in [0.1, 0.15) is 22.8 Å². The summed E-state index contributed by atoms with van der Waals surface area (Å²) in [4.78, 5) is 62.7. The molecule has 13 heteroatoms. The normalized spacial score (nSPS) is 12.5. The lowest BCUT2D eigenvalue weighted by Crippen LogP contribution is -2.46. The van der Waals surface area contributed by atoms with E-state index in [4.69, 9.17) is 18.9 Å². The summed E-state index contributed by atoms with van der Waals surface area (Å²) in [7, 11) is 1.17. The Hall–Kier alpha value is -3.25. The molecular formula is C25H46N4O9. The molecule has 0 aromatic heterocycles. The van der Waals surface area contributed by atoms with Crippen LogP contribution in [0.15, 0.2) is 0 Å². The van der Waals surface area contributed by atoms with Crippen LogP contribution in [0.1, 0.15) is 75.2 Å². The molecule has 0 bridgehead atoms. The third-order valence-electron chi connectivity index (χ3n) is 4.28. The van der Waals surface area contributed by atoms with Gasteiger partial charge in [0.2, 0.25) is 5.91 Å². The van der Waals surface area contributed by atoms with E-state index in [1.165, 1.54) is 12.0 Å². The highest BCUT2D eigenvalue weighted by atomic mass is 16.6. The Morgan fingerprint density at radius 2 is 1.08 bits per heavy atom. The molecule has 0 fully saturated rings. The monoisotopic (exact) mass is 546 g/mol. The van der Waals surface area contributed by atoms with Crippen molar-refractivity contribution in [3.63, 3.8) is 0 Å². The minimum Gasteiger partial charge on any atom is -0.467 e. The van der Waals surface area contributed by atoms with Gasteiger partial charge in [-0.05, 0) is 68.7 Å². The fraction of sp³-hybridized carbons (Fsp3) is 0.800. The number of hydrogen-bond donors (Lipinski definition) is 3. The summed E-state index contributed by atoms with van der Waals surface area (Å²) < 4.78 is 20.3. The van der Waals surface area contributed by atoms with Crippen LogP contribution in [0.4, 0.5) is 14.4 Å². The minimum absolute atomic E-state index is 0.0553. The molecule has 3 N–H and O–H groups in total. The van der Waals surface area contributed by atoms with Crippen LogP contribution in [-0.2, 0) is 28.5 Å². The molecule has 38 heavy (non-hydrogen) atoms. The molecule has 0 saturated carbocycles. The molecule has 220 valence electrons. The number of ether oxygens (including phenoxy) is 4. The van der Waals surface area contributed by atoms with Gasteiger partial charge in [-0.3, -0.25) is 4.79 Å². The number of hydrogen-bond acceptors (Lipinski definition) is 9. The van der Waals surface area contributed by atoms with Crippen LogP contribution in [0.25, 0.3) is 0 Å². The van der Waals surface area contributed by atoms with E-state index in [1.807, 2.05) is 0 Å². The number of nitrogens with one attached hydrogen (secondary N) is 3. The van der Waals surface area contributed by atoms with Crippen LogP contribution in [-0.4, -0.2) is 91.2 Å². The average molecular weight is 547 g/mol. The highest BCUT2D eigenvalue weighted by Gasteiger charge is 2.27. The molecule has 4 amide bonds. The number of alkyl carbamates (subject to hydrolysis) is 3. The predicted molar refractivity (Wildman–Crippen MR) is 139 cm³/mol. The molecule has 1 unspecified atom stereocenters. The van der Waals surface area contributed by atoms with Gasteiger partial charge in [-0.1, -0.05) is 0 Å². The van der Waals surface area contributed by atoms with Crippen LogP contribution >= 0.6 is 0 Å². The van der Waals surface area contributed by atoms with E-state index in [2.05, 4.69) is 16.0 Å². The molecule has 0 spiro atoms. The molecule has 13 nitrogen and oxygen atoms in total. The van der Waals surface area contributed by atoms with Crippen molar-refractivity contribution in [2.24, 2.45) is 0 Å². The fourth-order valence-electron chi connectivity index (χ4n) is 2.84. The van der Waals surface area contributed by atoms with Gasteiger partial charge in [-0.15, -0.1) is 0 Å². The van der Waals surface area contributed by atoms with Crippen LogP contribution < -0.4 is 16.0 Å². The number of amides is 4. The Labute approximate surface area is 225 Å². The van der Waals surface area contributed by atoms with E-state index in [1.54, 1.807) is 62.3 Å². The topological polar surface area (TPSA) is 162 Å². The molecule has 0 radical (unpaired) electrons. The molecule has 0 aromatic carbocycles. The van der Waals surface area contributed by atoms with Gasteiger partial charge in [0, 0.05) is 32.6 Å². The van der Waals surface area contributed by atoms with Crippen LogP contribution in [0.3, 0.4) is 0 Å². The van der Waals surface area contributed by atoms with Gasteiger partial charge >= 0.3 is 24.2 Å². The largest absolute Gasteiger partial charge is 0.467 e. The summed E-state index contributed by atoms with van der Waals surface area (Å²) in [6, 6.07) is -1.11. The summed E-state index contributed by atoms with van der Waals surface area (Å²) >= 11 is 0. The van der Waals surface area contributed by atoms with Crippen molar-refractivity contribution in [3.05, 3.63) is 0 Å². The number of methoxy groups -OCH3 is 1. The second-order valence-corrected chi connectivity index (χ2v) is 11.5. The Balaban J connectivity index is 5.21. The molecule has 1 atom stereocenters. The van der Waals surface area contributed by atoms with Crippen LogP contribution in [0.5, 0.6) is 0 Å². The van der Waals surface area contributed by atoms with Crippen molar-refractivity contribution >= 4 is 30.2 Å². The number of esters is 1. The zero-order valence-electron chi connectivity index (χ0n) is 24.4. The van der Waals surface area contributed by atoms with Gasteiger partial charge in [-0.25, -0.2) is 19.2 Å². The number of nitrogens with zero attached hydrogens (tertiary/aromatic N) is 1. The standard InChI is InChI=1S/C25H46N4O9/c1-23(2,3)36-20(32)26-13-15-29(16-14-27-21(33)37-24(4,5)6)18(30)12-11-17(19(31)35-10)28-22(34)38-25(7,8)9/h17H,11-16H2,1-10H3,(H,26,32)(H,27,33)(H,28,34). The van der Waals surface area contributed by atoms with E-state index in [-0.39, 0.29) is 44.9 Å². The van der Waals surface area contributed by atoms with Gasteiger partial charge in [-0.2, -0.15) is 0 Å². The maximum Gasteiger partial charge on any atom is 0.408 e. The van der Waals surface area contributed by atoms with Crippen LogP contribution in [0, 0.1) is 0 Å². The van der Waals surface area contributed by atoms with Crippen molar-refractivity contribution in [2.45, 2.75) is 98.0 Å². The summed E-state index contributed by atoms with van der Waals surface area (Å²) in [6.07, 6.45) is -2.28. The number of carbonyl (C=O) groups is 5. The Kier molecular flexibility index (Phi) is 13.9. The second kappa shape index (κ2) is 15.2. The van der Waals surface area contributed by atoms with Gasteiger partial charge in [0.15, 0.2) is 0 Å². The number of carbonyl (C=O) groups excluding carboxylic acids is 5. The Morgan fingerprint density at radius 1 is 0.684 bits per heavy atom. The summed E-state index contributed by atoms with van der Waals surface area (Å²) in [5.74, 6) is -1.10. The van der Waals surface area contributed by atoms with Crippen molar-refractivity contribution in [3.8, 4) is 0 Å². The molecule has 0 saturated heterocycles. The first-order valence-electron chi connectivity index (χ1n) is 12.5. The highest BCUT2D eigenvalue weighted by Crippen LogP contribution is 2.10. The molecular weight excluding hydrogens is 500 g/mol. The lowest BCUT2D eigenvalue weighted by atomic mass is 10.1. The second-order valence-electron chi connectivity index (χ2n) is 11.5. The first kappa shape index (κ1) is 34.8. The van der Waals surface area contributed by atoms with Gasteiger partial charge in [0.25, 0.3) is 0 Å². The van der Waals surface area contributed by atoms with Crippen molar-refractivity contribution in [1.82, 2.24) is 20.9 Å². The van der Waals surface area contributed by atoms with E-state index < -0.39 is 47.1 Å². The van der Waals surface area contributed by atoms with E-state index in [0.717, 1.165) is 0 Å². The van der Waals surface area contributed by atoms with Crippen molar-refractivity contribution in [2.75, 3.05) is 33.3 Å². The molecule has 0 aliphatic rings. The lowest BCUT2D eigenvalue weighted by molar-refractivity contribution is -0.143. The molecule has 0 aliphatic carbocycles. The lowest BCUT2D eigenvalue weighted by Gasteiger charge is -2.26. The third-order valence-corrected chi connectivity index (χ3v) is 4.28. The number of rotatable bonds is 11. The summed E-state index contributed by atoms with van der Waals surface area (Å²) in [6.45, 7) is 15.8. The smallest absolute Gasteiger partial charge is 0.408 e. The maximum atomic E-state index is 13.0. The molecule has 0 aliphatic heterocycles. The maximum absolute atomic E-state index is 13.0. The van der Waals surface area contributed by atoms with E-state index in [9.17, 15) is 24.0 Å². The first-order chi connectivity index (χ1) is 17.2. The quantitative estimate of drug-likeness (QED) is 0.261. The summed E-state index contributed by atoms with van der Waals surface area (Å²) in [5.41, 5.74) is -2.14. The predicted octanol–water partition coefficient (Wildman–Crippen LogP) is 2.71. The fourth-order valence-corrected chi connectivity index (χ4v) is 2.84.